The molecule has 1 spiro atoms. The summed E-state index contributed by atoms with van der Waals surface area (Å²) in [6.45, 7) is 0.835. The molecule has 108 valence electrons. The first-order valence-electron chi connectivity index (χ1n) is 6.63. The quantitative estimate of drug-likeness (QED) is 0.795. The second kappa shape index (κ2) is 4.53. The third-order valence-electron chi connectivity index (χ3n) is 4.46. The Kier molecular flexibility index (Phi) is 3.06. The highest BCUT2D eigenvalue weighted by atomic mass is 32.2. The van der Waals surface area contributed by atoms with Crippen LogP contribution in [0.15, 0.2) is 29.4 Å². The zero-order valence-electron chi connectivity index (χ0n) is 11.3. The number of likely N-dealkylation sites (N-methyl/N-ethyl adjacent to an activating group) is 1. The third kappa shape index (κ3) is 1.92. The molecule has 1 atom stereocenters. The molecule has 0 N–H and O–H groups in total. The first-order valence-corrected chi connectivity index (χ1v) is 8.07. The molecule has 7 heteroatoms. The van der Waals surface area contributed by atoms with Gasteiger partial charge in [-0.2, -0.15) is 4.31 Å². The van der Waals surface area contributed by atoms with Gasteiger partial charge in [-0.05, 0) is 25.0 Å². The molecule has 0 aromatic carbocycles. The number of hydrogen-bond donors (Lipinski definition) is 0. The van der Waals surface area contributed by atoms with Gasteiger partial charge in [-0.1, -0.05) is 0 Å². The summed E-state index contributed by atoms with van der Waals surface area (Å²) < 4.78 is 26.6. The maximum absolute atomic E-state index is 12.5. The summed E-state index contributed by atoms with van der Waals surface area (Å²) >= 11 is 0. The molecule has 2 saturated heterocycles. The summed E-state index contributed by atoms with van der Waals surface area (Å²) in [7, 11) is -1.74. The molecule has 1 aromatic heterocycles. The highest BCUT2D eigenvalue weighted by Crippen LogP contribution is 2.38. The largest absolute Gasteiger partial charge is 0.339 e. The molecule has 6 nitrogen and oxygen atoms in total. The van der Waals surface area contributed by atoms with Crippen molar-refractivity contribution in [3.63, 3.8) is 0 Å². The molecule has 0 aliphatic carbocycles. The predicted octanol–water partition coefficient (Wildman–Crippen LogP) is 0.467. The van der Waals surface area contributed by atoms with Crippen LogP contribution in [0.4, 0.5) is 0 Å². The van der Waals surface area contributed by atoms with Crippen molar-refractivity contribution >= 4 is 15.9 Å². The van der Waals surface area contributed by atoms with Gasteiger partial charge < -0.3 is 4.90 Å². The van der Waals surface area contributed by atoms with Gasteiger partial charge in [-0.25, -0.2) is 8.42 Å². The third-order valence-corrected chi connectivity index (χ3v) is 6.29. The molecule has 2 fully saturated rings. The maximum Gasteiger partial charge on any atom is 0.244 e. The highest BCUT2D eigenvalue weighted by Gasteiger charge is 2.50. The maximum atomic E-state index is 12.5. The topological polar surface area (TPSA) is 70.6 Å². The fraction of sp³-hybridized carbons (Fsp3) is 0.538. The lowest BCUT2D eigenvalue weighted by Gasteiger charge is -2.31. The van der Waals surface area contributed by atoms with E-state index in [1.54, 1.807) is 30.3 Å². The number of sulfonamides is 1. The molecule has 0 radical (unpaired) electrons. The van der Waals surface area contributed by atoms with E-state index in [4.69, 9.17) is 0 Å². The first kappa shape index (κ1) is 13.5. The Morgan fingerprint density at radius 2 is 2.15 bits per heavy atom. The Labute approximate surface area is 118 Å². The van der Waals surface area contributed by atoms with E-state index in [9.17, 15) is 13.2 Å². The lowest BCUT2D eigenvalue weighted by Crippen LogP contribution is -2.46. The van der Waals surface area contributed by atoms with Gasteiger partial charge in [0.25, 0.3) is 0 Å². The first-order chi connectivity index (χ1) is 9.46. The molecule has 3 rings (SSSR count). The lowest BCUT2D eigenvalue weighted by atomic mass is 9.96. The highest BCUT2D eigenvalue weighted by molar-refractivity contribution is 7.89. The second-order valence-corrected chi connectivity index (χ2v) is 7.39. The number of rotatable bonds is 2. The van der Waals surface area contributed by atoms with Crippen molar-refractivity contribution in [2.45, 2.75) is 29.7 Å². The number of pyridine rings is 1. The van der Waals surface area contributed by atoms with Crippen molar-refractivity contribution in [3.05, 3.63) is 24.5 Å². The minimum atomic E-state index is -3.51. The van der Waals surface area contributed by atoms with Crippen LogP contribution < -0.4 is 0 Å². The summed E-state index contributed by atoms with van der Waals surface area (Å²) in [5.41, 5.74) is -0.313. The van der Waals surface area contributed by atoms with Crippen LogP contribution in [-0.4, -0.2) is 54.2 Å². The number of aromatic nitrogens is 1. The van der Waals surface area contributed by atoms with E-state index in [-0.39, 0.29) is 16.3 Å². The van der Waals surface area contributed by atoms with E-state index in [1.165, 1.54) is 10.5 Å². The summed E-state index contributed by atoms with van der Waals surface area (Å²) in [4.78, 5) is 17.5. The van der Waals surface area contributed by atoms with Crippen LogP contribution in [0, 0.1) is 0 Å². The monoisotopic (exact) mass is 295 g/mol. The number of carbonyl (C=O) groups is 1. The second-order valence-electron chi connectivity index (χ2n) is 5.45. The fourth-order valence-electron chi connectivity index (χ4n) is 3.09. The van der Waals surface area contributed by atoms with E-state index >= 15 is 0 Å². The minimum Gasteiger partial charge on any atom is -0.339 e. The van der Waals surface area contributed by atoms with Gasteiger partial charge in [0.05, 0.1) is 5.54 Å². The summed E-state index contributed by atoms with van der Waals surface area (Å²) in [6, 6.07) is 3.17. The van der Waals surface area contributed by atoms with Gasteiger partial charge in [-0.15, -0.1) is 0 Å². The van der Waals surface area contributed by atoms with Crippen molar-refractivity contribution < 1.29 is 13.2 Å². The van der Waals surface area contributed by atoms with E-state index in [0.29, 0.717) is 25.9 Å². The van der Waals surface area contributed by atoms with Gasteiger partial charge in [0, 0.05) is 39.0 Å². The number of amides is 1. The van der Waals surface area contributed by atoms with E-state index in [1.807, 2.05) is 0 Å². The van der Waals surface area contributed by atoms with Gasteiger partial charge >= 0.3 is 0 Å². The Hall–Kier alpha value is -1.47. The Bertz CT molecular complexity index is 632. The van der Waals surface area contributed by atoms with Gasteiger partial charge in [0.2, 0.25) is 15.9 Å². The smallest absolute Gasteiger partial charge is 0.244 e. The van der Waals surface area contributed by atoms with Crippen LogP contribution in [0.1, 0.15) is 19.3 Å². The SMILES string of the molecule is CN1C(=O)CCC12CCN(S(=O)(=O)c1cccnc1)C2. The van der Waals surface area contributed by atoms with Crippen LogP contribution in [0.25, 0.3) is 0 Å². The number of nitrogens with zero attached hydrogens (tertiary/aromatic N) is 3. The average Bonchev–Trinajstić information content (AvgIpc) is 3.01. The van der Waals surface area contributed by atoms with Crippen molar-refractivity contribution in [1.82, 2.24) is 14.2 Å². The molecule has 2 aliphatic rings. The van der Waals surface area contributed by atoms with Crippen LogP contribution in [0.2, 0.25) is 0 Å². The molecular weight excluding hydrogens is 278 g/mol. The molecular formula is C13H17N3O3S. The summed E-state index contributed by atoms with van der Waals surface area (Å²) in [5, 5.41) is 0. The summed E-state index contributed by atoms with van der Waals surface area (Å²) in [6.07, 6.45) is 4.87. The molecule has 0 saturated carbocycles. The van der Waals surface area contributed by atoms with Crippen LogP contribution in [-0.2, 0) is 14.8 Å². The fourth-order valence-corrected chi connectivity index (χ4v) is 4.58. The number of likely N-dealkylation sites (tertiary alicyclic amines) is 1. The summed E-state index contributed by atoms with van der Waals surface area (Å²) in [5.74, 6) is 0.102. The van der Waals surface area contributed by atoms with E-state index in [0.717, 1.165) is 6.42 Å². The Morgan fingerprint density at radius 1 is 1.35 bits per heavy atom. The number of carbonyl (C=O) groups excluding carboxylic acids is 1. The standard InChI is InChI=1S/C13H17N3O3S/c1-15-12(17)4-5-13(15)6-8-16(10-13)20(18,19)11-3-2-7-14-9-11/h2-3,7,9H,4-6,8,10H2,1H3. The number of hydrogen-bond acceptors (Lipinski definition) is 4. The molecule has 1 unspecified atom stereocenters. The van der Waals surface area contributed by atoms with Crippen LogP contribution in [0.5, 0.6) is 0 Å². The van der Waals surface area contributed by atoms with Crippen molar-refractivity contribution in [2.75, 3.05) is 20.1 Å². The Balaban J connectivity index is 1.86. The van der Waals surface area contributed by atoms with Crippen LogP contribution in [0.3, 0.4) is 0 Å². The van der Waals surface area contributed by atoms with Gasteiger partial charge in [0.15, 0.2) is 0 Å². The van der Waals surface area contributed by atoms with E-state index < -0.39 is 10.0 Å². The van der Waals surface area contributed by atoms with Gasteiger partial charge in [0.1, 0.15) is 4.90 Å². The predicted molar refractivity (Wildman–Crippen MR) is 72.3 cm³/mol. The van der Waals surface area contributed by atoms with E-state index in [2.05, 4.69) is 4.98 Å². The molecule has 3 heterocycles. The van der Waals surface area contributed by atoms with Crippen molar-refractivity contribution in [2.24, 2.45) is 0 Å². The zero-order valence-corrected chi connectivity index (χ0v) is 12.1. The lowest BCUT2D eigenvalue weighted by molar-refractivity contribution is -0.129. The molecule has 1 aromatic rings. The van der Waals surface area contributed by atoms with Crippen molar-refractivity contribution in [1.29, 1.82) is 0 Å². The van der Waals surface area contributed by atoms with Gasteiger partial charge in [-0.3, -0.25) is 9.78 Å². The van der Waals surface area contributed by atoms with Crippen LogP contribution >= 0.6 is 0 Å². The molecule has 0 bridgehead atoms. The molecule has 20 heavy (non-hydrogen) atoms. The Morgan fingerprint density at radius 3 is 2.75 bits per heavy atom. The minimum absolute atomic E-state index is 0.102. The van der Waals surface area contributed by atoms with Crippen molar-refractivity contribution in [3.8, 4) is 0 Å². The molecule has 2 aliphatic heterocycles. The normalized spacial score (nSPS) is 27.6. The zero-order chi connectivity index (χ0) is 14.4. The average molecular weight is 295 g/mol. The molecule has 1 amide bonds.